The molecule has 0 aliphatic rings. The van der Waals surface area contributed by atoms with Crippen LogP contribution in [-0.2, 0) is 0 Å². The molecular formula is C62H39NO2. The Kier molecular flexibility index (Phi) is 8.53. The molecule has 3 heteroatoms. The van der Waals surface area contributed by atoms with Gasteiger partial charge in [-0.15, -0.1) is 0 Å². The molecule has 0 N–H and O–H groups in total. The quantitative estimate of drug-likeness (QED) is 0.160. The van der Waals surface area contributed by atoms with Crippen molar-refractivity contribution in [3.8, 4) is 72.4 Å². The van der Waals surface area contributed by atoms with Gasteiger partial charge in [-0.05, 0) is 140 Å². The van der Waals surface area contributed by atoms with Crippen molar-refractivity contribution in [1.82, 2.24) is 4.57 Å². The van der Waals surface area contributed by atoms with Crippen LogP contribution in [-0.4, -0.2) is 4.57 Å². The van der Waals surface area contributed by atoms with Crippen molar-refractivity contribution < 1.29 is 8.83 Å². The van der Waals surface area contributed by atoms with E-state index in [1.165, 1.54) is 38.8 Å². The van der Waals surface area contributed by atoms with Crippen LogP contribution in [0.15, 0.2) is 246 Å². The average Bonchev–Trinajstić information content (AvgIpc) is 4.07. The summed E-state index contributed by atoms with van der Waals surface area (Å²) in [6.07, 6.45) is 2.31. The number of furan rings is 2. The van der Waals surface area contributed by atoms with Crippen molar-refractivity contribution in [1.29, 1.82) is 0 Å². The van der Waals surface area contributed by atoms with Gasteiger partial charge in [0.1, 0.15) is 22.3 Å². The average molecular weight is 830 g/mol. The Bertz CT molecular complexity index is 3740. The predicted octanol–water partition coefficient (Wildman–Crippen LogP) is 17.4. The lowest BCUT2D eigenvalue weighted by Gasteiger charge is -2.13. The smallest absolute Gasteiger partial charge is 0.135 e. The summed E-state index contributed by atoms with van der Waals surface area (Å²) in [5.74, 6) is 0. The Labute approximate surface area is 375 Å². The Balaban J connectivity index is 1.03. The van der Waals surface area contributed by atoms with E-state index in [1.54, 1.807) is 0 Å². The van der Waals surface area contributed by atoms with Crippen molar-refractivity contribution in [2.45, 2.75) is 0 Å². The summed E-state index contributed by atoms with van der Waals surface area (Å²) in [7, 11) is 0. The SMILES string of the molecule is c1ccc(-c2ccc3c(c2)c(-c2ccccc2)cn3-c2cc(-c3ccc4oc5ccc(-c6ccccc6)cc5c4c3)cc(-c3ccc4oc5ccc(-c6ccccc6)cc5c4c3)c2)cc1. The van der Waals surface area contributed by atoms with Crippen LogP contribution in [0, 0.1) is 0 Å². The molecule has 304 valence electrons. The van der Waals surface area contributed by atoms with E-state index < -0.39 is 0 Å². The molecule has 0 aliphatic carbocycles. The van der Waals surface area contributed by atoms with Gasteiger partial charge in [0, 0.05) is 44.4 Å². The zero-order valence-corrected chi connectivity index (χ0v) is 35.3. The summed E-state index contributed by atoms with van der Waals surface area (Å²) in [6, 6.07) is 82.6. The van der Waals surface area contributed by atoms with E-state index in [9.17, 15) is 0 Å². The maximum atomic E-state index is 6.45. The largest absolute Gasteiger partial charge is 0.456 e. The molecule has 0 amide bonds. The number of nitrogens with zero attached hydrogens (tertiary/aromatic N) is 1. The first-order valence-electron chi connectivity index (χ1n) is 22.1. The fourth-order valence-electron chi connectivity index (χ4n) is 9.72. The van der Waals surface area contributed by atoms with Crippen molar-refractivity contribution in [2.75, 3.05) is 0 Å². The van der Waals surface area contributed by atoms with E-state index in [1.807, 2.05) is 0 Å². The van der Waals surface area contributed by atoms with Gasteiger partial charge in [-0.1, -0.05) is 152 Å². The van der Waals surface area contributed by atoms with Gasteiger partial charge in [0.15, 0.2) is 0 Å². The molecule has 0 aliphatic heterocycles. The molecule has 0 saturated carbocycles. The molecule has 3 nitrogen and oxygen atoms in total. The molecule has 65 heavy (non-hydrogen) atoms. The number of hydrogen-bond acceptors (Lipinski definition) is 2. The van der Waals surface area contributed by atoms with Gasteiger partial charge in [-0.3, -0.25) is 0 Å². The van der Waals surface area contributed by atoms with E-state index in [-0.39, 0.29) is 0 Å². The second-order valence-corrected chi connectivity index (χ2v) is 16.9. The minimum atomic E-state index is 0.871. The van der Waals surface area contributed by atoms with Crippen LogP contribution in [0.2, 0.25) is 0 Å². The number of hydrogen-bond donors (Lipinski definition) is 0. The van der Waals surface area contributed by atoms with E-state index in [2.05, 4.69) is 241 Å². The zero-order chi connectivity index (χ0) is 42.8. The first-order chi connectivity index (χ1) is 32.2. The highest BCUT2D eigenvalue weighted by atomic mass is 16.3. The lowest BCUT2D eigenvalue weighted by molar-refractivity contribution is 0.668. The normalized spacial score (nSPS) is 11.7. The highest BCUT2D eigenvalue weighted by molar-refractivity contribution is 6.09. The molecule has 0 fully saturated rings. The third kappa shape index (κ3) is 6.44. The molecule has 0 radical (unpaired) electrons. The van der Waals surface area contributed by atoms with Crippen LogP contribution < -0.4 is 0 Å². The summed E-state index contributed by atoms with van der Waals surface area (Å²) in [4.78, 5) is 0. The fraction of sp³-hybridized carbons (Fsp3) is 0. The zero-order valence-electron chi connectivity index (χ0n) is 35.3. The monoisotopic (exact) mass is 829 g/mol. The molecule has 13 aromatic rings. The minimum absolute atomic E-state index is 0.871. The van der Waals surface area contributed by atoms with E-state index >= 15 is 0 Å². The Morgan fingerprint density at radius 2 is 0.585 bits per heavy atom. The van der Waals surface area contributed by atoms with Crippen LogP contribution >= 0.6 is 0 Å². The van der Waals surface area contributed by atoms with Crippen LogP contribution in [0.3, 0.4) is 0 Å². The Hall–Kier alpha value is -8.66. The van der Waals surface area contributed by atoms with Gasteiger partial charge >= 0.3 is 0 Å². The molecule has 0 spiro atoms. The van der Waals surface area contributed by atoms with Crippen LogP contribution in [0.1, 0.15) is 0 Å². The van der Waals surface area contributed by atoms with E-state index in [0.717, 1.165) is 88.5 Å². The third-order valence-electron chi connectivity index (χ3n) is 13.0. The van der Waals surface area contributed by atoms with Crippen LogP contribution in [0.5, 0.6) is 0 Å². The van der Waals surface area contributed by atoms with Crippen molar-refractivity contribution in [2.24, 2.45) is 0 Å². The summed E-state index contributed by atoms with van der Waals surface area (Å²) < 4.78 is 15.3. The molecular weight excluding hydrogens is 791 g/mol. The maximum absolute atomic E-state index is 6.45. The van der Waals surface area contributed by atoms with Crippen molar-refractivity contribution in [3.63, 3.8) is 0 Å². The second-order valence-electron chi connectivity index (χ2n) is 16.9. The number of aromatic nitrogens is 1. The predicted molar refractivity (Wildman–Crippen MR) is 270 cm³/mol. The van der Waals surface area contributed by atoms with Crippen LogP contribution in [0.25, 0.3) is 127 Å². The highest BCUT2D eigenvalue weighted by Gasteiger charge is 2.18. The molecule has 10 aromatic carbocycles. The van der Waals surface area contributed by atoms with E-state index in [4.69, 9.17) is 8.83 Å². The highest BCUT2D eigenvalue weighted by Crippen LogP contribution is 2.41. The number of rotatable bonds is 7. The maximum Gasteiger partial charge on any atom is 0.135 e. The van der Waals surface area contributed by atoms with Crippen molar-refractivity contribution in [3.05, 3.63) is 237 Å². The Morgan fingerprint density at radius 1 is 0.246 bits per heavy atom. The molecule has 3 heterocycles. The molecule has 0 unspecified atom stereocenters. The fourth-order valence-corrected chi connectivity index (χ4v) is 9.72. The summed E-state index contributed by atoms with van der Waals surface area (Å²) in [6.45, 7) is 0. The first kappa shape index (κ1) is 36.9. The van der Waals surface area contributed by atoms with Crippen LogP contribution in [0.4, 0.5) is 0 Å². The standard InChI is InChI=1S/C62H39NO2/c1-5-13-40(14-6-1)44-21-26-58-52(34-44)57(43-19-11-4-12-20-43)39-63(58)51-32-49(47-24-29-61-55(37-47)53-35-45(22-27-59(53)64-61)41-15-7-2-8-16-41)31-50(33-51)48-25-30-62-56(38-48)54-36-46(23-28-60(54)65-62)42-17-9-3-10-18-42/h1-39H. The first-order valence-corrected chi connectivity index (χ1v) is 22.1. The molecule has 0 bridgehead atoms. The van der Waals surface area contributed by atoms with Gasteiger partial charge in [0.25, 0.3) is 0 Å². The molecule has 0 atom stereocenters. The van der Waals surface area contributed by atoms with Gasteiger partial charge in [-0.25, -0.2) is 0 Å². The lowest BCUT2D eigenvalue weighted by Crippen LogP contribution is -1.94. The van der Waals surface area contributed by atoms with Crippen molar-refractivity contribution >= 4 is 54.8 Å². The van der Waals surface area contributed by atoms with Gasteiger partial charge < -0.3 is 13.4 Å². The molecule has 3 aromatic heterocycles. The summed E-state index contributed by atoms with van der Waals surface area (Å²) >= 11 is 0. The minimum Gasteiger partial charge on any atom is -0.456 e. The molecule has 13 rings (SSSR count). The summed E-state index contributed by atoms with van der Waals surface area (Å²) in [5.41, 5.74) is 19.6. The van der Waals surface area contributed by atoms with Gasteiger partial charge in [0.2, 0.25) is 0 Å². The number of fused-ring (bicyclic) bond motifs is 7. The van der Waals surface area contributed by atoms with Gasteiger partial charge in [0.05, 0.1) is 5.52 Å². The topological polar surface area (TPSA) is 31.2 Å². The number of benzene rings is 10. The van der Waals surface area contributed by atoms with E-state index in [0.29, 0.717) is 0 Å². The summed E-state index contributed by atoms with van der Waals surface area (Å²) in [5, 5.41) is 5.59. The lowest BCUT2D eigenvalue weighted by atomic mass is 9.95. The Morgan fingerprint density at radius 3 is 0.985 bits per heavy atom. The second kappa shape index (κ2) is 15.0. The third-order valence-corrected chi connectivity index (χ3v) is 13.0. The molecule has 0 saturated heterocycles. The van der Waals surface area contributed by atoms with Gasteiger partial charge in [-0.2, -0.15) is 0 Å².